The van der Waals surface area contributed by atoms with Crippen LogP contribution in [0, 0.1) is 17.8 Å². The first-order valence-electron chi connectivity index (χ1n) is 7.68. The molecule has 4 heteroatoms. The summed E-state index contributed by atoms with van der Waals surface area (Å²) in [5.41, 5.74) is 6.94. The largest absolute Gasteiger partial charge is 0.444 e. The normalized spacial score (nSPS) is 15.9. The molecule has 118 valence electrons. The zero-order valence-electron chi connectivity index (χ0n) is 13.6. The summed E-state index contributed by atoms with van der Waals surface area (Å²) in [5, 5.41) is 0. The number of hydrogen-bond acceptors (Lipinski definition) is 3. The predicted octanol–water partition coefficient (Wildman–Crippen LogP) is 3.27. The molecule has 1 saturated heterocycles. The number of anilines is 1. The van der Waals surface area contributed by atoms with Crippen LogP contribution in [-0.2, 0) is 4.74 Å². The monoisotopic (exact) mass is 300 g/mol. The van der Waals surface area contributed by atoms with Gasteiger partial charge in [-0.05, 0) is 57.9 Å². The number of hydrogen-bond donors (Lipinski definition) is 1. The molecule has 1 aromatic carbocycles. The molecule has 0 unspecified atom stereocenters. The van der Waals surface area contributed by atoms with Gasteiger partial charge in [-0.25, -0.2) is 4.79 Å². The number of rotatable bonds is 0. The lowest BCUT2D eigenvalue weighted by Gasteiger charge is -2.31. The number of carbonyl (C=O) groups is 1. The Kier molecular flexibility index (Phi) is 4.97. The Balaban J connectivity index is 1.85. The molecule has 1 heterocycles. The number of piperidine rings is 1. The van der Waals surface area contributed by atoms with E-state index in [0.29, 0.717) is 19.0 Å². The molecule has 1 fully saturated rings. The summed E-state index contributed by atoms with van der Waals surface area (Å²) in [7, 11) is 0. The number of nitrogens with zero attached hydrogens (tertiary/aromatic N) is 1. The molecule has 1 amide bonds. The number of nitrogens with two attached hydrogens (primary N) is 1. The summed E-state index contributed by atoms with van der Waals surface area (Å²) >= 11 is 0. The van der Waals surface area contributed by atoms with Gasteiger partial charge in [-0.15, -0.1) is 0 Å². The van der Waals surface area contributed by atoms with Crippen LogP contribution in [0.3, 0.4) is 0 Å². The van der Waals surface area contributed by atoms with E-state index in [2.05, 4.69) is 11.8 Å². The van der Waals surface area contributed by atoms with Crippen LogP contribution in [0.1, 0.15) is 39.2 Å². The maximum atomic E-state index is 12.0. The maximum absolute atomic E-state index is 12.0. The summed E-state index contributed by atoms with van der Waals surface area (Å²) in [6, 6.07) is 7.57. The first kappa shape index (κ1) is 16.2. The Morgan fingerprint density at radius 1 is 1.23 bits per heavy atom. The third kappa shape index (κ3) is 5.00. The highest BCUT2D eigenvalue weighted by Gasteiger charge is 2.26. The van der Waals surface area contributed by atoms with Crippen LogP contribution in [-0.4, -0.2) is 29.7 Å². The average molecular weight is 300 g/mol. The van der Waals surface area contributed by atoms with Gasteiger partial charge in [-0.1, -0.05) is 11.8 Å². The van der Waals surface area contributed by atoms with Crippen LogP contribution in [0.5, 0.6) is 0 Å². The summed E-state index contributed by atoms with van der Waals surface area (Å²) in [6.07, 6.45) is 1.56. The van der Waals surface area contributed by atoms with E-state index in [1.807, 2.05) is 45.0 Å². The molecule has 0 atom stereocenters. The van der Waals surface area contributed by atoms with Crippen molar-refractivity contribution in [1.29, 1.82) is 0 Å². The minimum atomic E-state index is -0.442. The molecule has 2 rings (SSSR count). The van der Waals surface area contributed by atoms with Crippen LogP contribution in [0.4, 0.5) is 10.5 Å². The molecule has 0 saturated carbocycles. The van der Waals surface area contributed by atoms with Crippen molar-refractivity contribution in [2.45, 2.75) is 39.2 Å². The molecule has 0 spiro atoms. The minimum Gasteiger partial charge on any atom is -0.444 e. The lowest BCUT2D eigenvalue weighted by atomic mass is 9.97. The third-order valence-corrected chi connectivity index (χ3v) is 3.48. The van der Waals surface area contributed by atoms with E-state index in [9.17, 15) is 4.79 Å². The molecule has 0 radical (unpaired) electrons. The summed E-state index contributed by atoms with van der Waals surface area (Å²) in [6.45, 7) is 7.06. The molecule has 2 N–H and O–H groups in total. The van der Waals surface area contributed by atoms with Crippen molar-refractivity contribution in [3.63, 3.8) is 0 Å². The van der Waals surface area contributed by atoms with E-state index in [0.717, 1.165) is 24.1 Å². The Morgan fingerprint density at radius 3 is 2.36 bits per heavy atom. The lowest BCUT2D eigenvalue weighted by Crippen LogP contribution is -2.41. The number of carbonyl (C=O) groups excluding carboxylic acids is 1. The first-order valence-corrected chi connectivity index (χ1v) is 7.68. The highest BCUT2D eigenvalue weighted by atomic mass is 16.6. The topological polar surface area (TPSA) is 55.6 Å². The van der Waals surface area contributed by atoms with Gasteiger partial charge in [0, 0.05) is 30.3 Å². The van der Waals surface area contributed by atoms with Gasteiger partial charge in [0.05, 0.1) is 0 Å². The van der Waals surface area contributed by atoms with E-state index >= 15 is 0 Å². The van der Waals surface area contributed by atoms with Gasteiger partial charge in [0.25, 0.3) is 0 Å². The molecule has 0 aliphatic carbocycles. The molecule has 1 aromatic rings. The standard InChI is InChI=1S/C18H24N2O2/c1-18(2,3)22-17(21)20-12-10-15(11-13-20)5-4-14-6-8-16(19)9-7-14/h6-9,15H,10-13,19H2,1-3H3. The number of ether oxygens (including phenoxy) is 1. The lowest BCUT2D eigenvalue weighted by molar-refractivity contribution is 0.0199. The Bertz CT molecular complexity index is 568. The molecule has 22 heavy (non-hydrogen) atoms. The van der Waals surface area contributed by atoms with Gasteiger partial charge in [0.2, 0.25) is 0 Å². The number of amides is 1. The van der Waals surface area contributed by atoms with Crippen LogP contribution in [0.25, 0.3) is 0 Å². The first-order chi connectivity index (χ1) is 10.3. The Morgan fingerprint density at radius 2 is 1.82 bits per heavy atom. The van der Waals surface area contributed by atoms with Gasteiger partial charge in [-0.3, -0.25) is 0 Å². The van der Waals surface area contributed by atoms with Crippen molar-refractivity contribution >= 4 is 11.8 Å². The van der Waals surface area contributed by atoms with E-state index in [1.165, 1.54) is 0 Å². The van der Waals surface area contributed by atoms with Crippen LogP contribution < -0.4 is 5.73 Å². The fourth-order valence-corrected chi connectivity index (χ4v) is 2.28. The fraction of sp³-hybridized carbons (Fsp3) is 0.500. The summed E-state index contributed by atoms with van der Waals surface area (Å²) in [4.78, 5) is 13.8. The number of nitrogen functional groups attached to an aromatic ring is 1. The van der Waals surface area contributed by atoms with Crippen LogP contribution >= 0.6 is 0 Å². The number of benzene rings is 1. The predicted molar refractivity (Wildman–Crippen MR) is 88.3 cm³/mol. The molecule has 0 bridgehead atoms. The zero-order chi connectivity index (χ0) is 16.2. The molecular formula is C18H24N2O2. The smallest absolute Gasteiger partial charge is 0.410 e. The zero-order valence-corrected chi connectivity index (χ0v) is 13.6. The maximum Gasteiger partial charge on any atom is 0.410 e. The molecule has 1 aliphatic rings. The van der Waals surface area contributed by atoms with Crippen molar-refractivity contribution in [2.24, 2.45) is 5.92 Å². The highest BCUT2D eigenvalue weighted by Crippen LogP contribution is 2.19. The van der Waals surface area contributed by atoms with Crippen LogP contribution in [0.2, 0.25) is 0 Å². The second-order valence-corrected chi connectivity index (χ2v) is 6.63. The molecule has 1 aliphatic heterocycles. The van der Waals surface area contributed by atoms with Crippen molar-refractivity contribution in [2.75, 3.05) is 18.8 Å². The SMILES string of the molecule is CC(C)(C)OC(=O)N1CCC(C#Cc2ccc(N)cc2)CC1. The summed E-state index contributed by atoms with van der Waals surface area (Å²) < 4.78 is 5.39. The highest BCUT2D eigenvalue weighted by molar-refractivity contribution is 5.68. The van der Waals surface area contributed by atoms with Crippen LogP contribution in [0.15, 0.2) is 24.3 Å². The summed E-state index contributed by atoms with van der Waals surface area (Å²) in [5.74, 6) is 6.81. The average Bonchev–Trinajstić information content (AvgIpc) is 2.45. The van der Waals surface area contributed by atoms with Gasteiger partial charge < -0.3 is 15.4 Å². The Labute approximate surface area is 132 Å². The van der Waals surface area contributed by atoms with E-state index in [4.69, 9.17) is 10.5 Å². The second-order valence-electron chi connectivity index (χ2n) is 6.63. The van der Waals surface area contributed by atoms with Gasteiger partial charge in [-0.2, -0.15) is 0 Å². The minimum absolute atomic E-state index is 0.225. The van der Waals surface area contributed by atoms with Crippen molar-refractivity contribution in [1.82, 2.24) is 4.90 Å². The van der Waals surface area contributed by atoms with Crippen molar-refractivity contribution in [3.05, 3.63) is 29.8 Å². The van der Waals surface area contributed by atoms with Gasteiger partial charge in [0.1, 0.15) is 5.60 Å². The van der Waals surface area contributed by atoms with Crippen molar-refractivity contribution in [3.8, 4) is 11.8 Å². The third-order valence-electron chi connectivity index (χ3n) is 3.48. The second kappa shape index (κ2) is 6.74. The van der Waals surface area contributed by atoms with Crippen molar-refractivity contribution < 1.29 is 9.53 Å². The van der Waals surface area contributed by atoms with Gasteiger partial charge in [0.15, 0.2) is 0 Å². The van der Waals surface area contributed by atoms with E-state index in [1.54, 1.807) is 4.90 Å². The van der Waals surface area contributed by atoms with E-state index < -0.39 is 5.60 Å². The quantitative estimate of drug-likeness (QED) is 0.591. The molecular weight excluding hydrogens is 276 g/mol. The van der Waals surface area contributed by atoms with Gasteiger partial charge >= 0.3 is 6.09 Å². The fourth-order valence-electron chi connectivity index (χ4n) is 2.28. The molecule has 0 aromatic heterocycles. The Hall–Kier alpha value is -2.15. The van der Waals surface area contributed by atoms with E-state index in [-0.39, 0.29) is 6.09 Å². The number of likely N-dealkylation sites (tertiary alicyclic amines) is 1. The molecule has 4 nitrogen and oxygen atoms in total.